The molecule has 8 heteroatoms. The van der Waals surface area contributed by atoms with Crippen LogP contribution in [0.5, 0.6) is 0 Å². The average molecular weight is 391 g/mol. The summed E-state index contributed by atoms with van der Waals surface area (Å²) in [4.78, 5) is 16.9. The van der Waals surface area contributed by atoms with Crippen LogP contribution >= 0.6 is 24.4 Å². The monoisotopic (exact) mass is 390 g/mol. The summed E-state index contributed by atoms with van der Waals surface area (Å²) in [5.41, 5.74) is 0. The van der Waals surface area contributed by atoms with Crippen molar-refractivity contribution in [1.29, 1.82) is 0 Å². The molecule has 0 bridgehead atoms. The van der Waals surface area contributed by atoms with Gasteiger partial charge >= 0.3 is 0 Å². The van der Waals surface area contributed by atoms with Crippen molar-refractivity contribution in [2.45, 2.75) is 38.5 Å². The number of hydrogen-bond donors (Lipinski definition) is 0. The molecule has 0 aromatic heterocycles. The topological polar surface area (TPSA) is 57.7 Å². The minimum atomic E-state index is -3.51. The highest BCUT2D eigenvalue weighted by Gasteiger charge is 2.29. The molecule has 0 aromatic rings. The third kappa shape index (κ3) is 5.20. The molecule has 0 spiro atoms. The number of likely N-dealkylation sites (N-methyl/N-ethyl adjacent to an activating group) is 1. The van der Waals surface area contributed by atoms with E-state index in [9.17, 15) is 13.2 Å². The van der Waals surface area contributed by atoms with Crippen molar-refractivity contribution in [1.82, 2.24) is 9.80 Å². The lowest BCUT2D eigenvalue weighted by Gasteiger charge is -2.32. The largest absolute Gasteiger partial charge is 0.362 e. The molecule has 5 nitrogen and oxygen atoms in total. The summed E-state index contributed by atoms with van der Waals surface area (Å²) in [6.45, 7) is 0.0609. The van der Waals surface area contributed by atoms with Gasteiger partial charge in [-0.15, -0.1) is 0 Å². The van der Waals surface area contributed by atoms with Crippen molar-refractivity contribution in [3.63, 3.8) is 0 Å². The van der Waals surface area contributed by atoms with Crippen LogP contribution in [0.1, 0.15) is 38.5 Å². The lowest BCUT2D eigenvalue weighted by Crippen LogP contribution is -2.41. The van der Waals surface area contributed by atoms with Crippen LogP contribution in [0.25, 0.3) is 0 Å². The molecule has 2 saturated carbocycles. The molecule has 0 saturated heterocycles. The number of carbonyl (C=O) groups excluding carboxylic acids is 1. The van der Waals surface area contributed by atoms with Crippen molar-refractivity contribution in [2.24, 2.45) is 11.8 Å². The van der Waals surface area contributed by atoms with Gasteiger partial charge < -0.3 is 9.80 Å². The number of sulfone groups is 1. The van der Waals surface area contributed by atoms with Crippen LogP contribution in [0.3, 0.4) is 0 Å². The summed E-state index contributed by atoms with van der Waals surface area (Å²) in [6.07, 6.45) is 6.53. The minimum Gasteiger partial charge on any atom is -0.362 e. The molecule has 2 aliphatic carbocycles. The Kier molecular flexibility index (Phi) is 6.73. The second kappa shape index (κ2) is 8.19. The van der Waals surface area contributed by atoms with E-state index in [4.69, 9.17) is 24.4 Å². The normalized spacial score (nSPS) is 18.4. The van der Waals surface area contributed by atoms with Crippen molar-refractivity contribution in [2.75, 3.05) is 32.3 Å². The number of carbonyl (C=O) groups is 1. The first-order valence-electron chi connectivity index (χ1n) is 8.41. The lowest BCUT2D eigenvalue weighted by molar-refractivity contribution is -0.116. The quantitative estimate of drug-likeness (QED) is 0.588. The van der Waals surface area contributed by atoms with Gasteiger partial charge in [0.1, 0.15) is 11.6 Å². The molecule has 0 radical (unpaired) electrons. The second-order valence-corrected chi connectivity index (χ2v) is 9.91. The molecule has 24 heavy (non-hydrogen) atoms. The average Bonchev–Trinajstić information content (AvgIpc) is 2.32. The summed E-state index contributed by atoms with van der Waals surface area (Å²) in [5.74, 6) is -0.267. The molecule has 0 amide bonds. The molecule has 0 aromatic carbocycles. The van der Waals surface area contributed by atoms with Crippen molar-refractivity contribution < 1.29 is 13.2 Å². The van der Waals surface area contributed by atoms with Crippen molar-refractivity contribution >= 4 is 50.0 Å². The first-order chi connectivity index (χ1) is 11.2. The molecule has 0 N–H and O–H groups in total. The van der Waals surface area contributed by atoms with E-state index in [0.717, 1.165) is 37.1 Å². The van der Waals surface area contributed by atoms with Crippen LogP contribution in [-0.4, -0.2) is 66.2 Å². The Bertz CT molecular complexity index is 610. The fourth-order valence-corrected chi connectivity index (χ4v) is 5.06. The maximum Gasteiger partial charge on any atom is 0.175 e. The zero-order valence-electron chi connectivity index (χ0n) is 14.4. The highest BCUT2D eigenvalue weighted by molar-refractivity contribution is 7.92. The zero-order chi connectivity index (χ0) is 17.9. The molecule has 2 aliphatic rings. The minimum absolute atomic E-state index is 0.0609. The molecule has 0 heterocycles. The standard InChI is InChI=1S/C16H26N2O3S3/c1-17(15(22)12-5-3-6-12)9-14(19)10-24(20,21)11-18(2)16(23)13-7-4-8-13/h12-13H,3-11H2,1-2H3. The number of ketones is 1. The van der Waals surface area contributed by atoms with Gasteiger partial charge in [0.15, 0.2) is 15.6 Å². The maximum absolute atomic E-state index is 12.3. The molecular weight excluding hydrogens is 364 g/mol. The smallest absolute Gasteiger partial charge is 0.175 e. The fraction of sp³-hybridized carbons (Fsp3) is 0.812. The van der Waals surface area contributed by atoms with Gasteiger partial charge in [0.05, 0.1) is 16.5 Å². The molecular formula is C16H26N2O3S3. The van der Waals surface area contributed by atoms with Gasteiger partial charge in [-0.1, -0.05) is 37.3 Å². The Labute approximate surface area is 155 Å². The zero-order valence-corrected chi connectivity index (χ0v) is 16.8. The Balaban J connectivity index is 1.80. The van der Waals surface area contributed by atoms with Crippen molar-refractivity contribution in [3.8, 4) is 0 Å². The third-order valence-electron chi connectivity index (χ3n) is 4.85. The first-order valence-corrected chi connectivity index (χ1v) is 11.1. The van der Waals surface area contributed by atoms with Crippen LogP contribution in [-0.2, 0) is 14.6 Å². The lowest BCUT2D eigenvalue weighted by atomic mass is 9.85. The molecule has 0 aliphatic heterocycles. The Hall–Kier alpha value is -0.600. The van der Waals surface area contributed by atoms with Crippen LogP contribution < -0.4 is 0 Å². The number of hydrogen-bond acceptors (Lipinski definition) is 5. The predicted molar refractivity (Wildman–Crippen MR) is 104 cm³/mol. The highest BCUT2D eigenvalue weighted by Crippen LogP contribution is 2.29. The molecule has 136 valence electrons. The van der Waals surface area contributed by atoms with E-state index in [-0.39, 0.29) is 18.2 Å². The van der Waals surface area contributed by atoms with Crippen molar-refractivity contribution in [3.05, 3.63) is 0 Å². The van der Waals surface area contributed by atoms with Crippen LogP contribution in [0, 0.1) is 11.8 Å². The van der Waals surface area contributed by atoms with Gasteiger partial charge in [0.2, 0.25) is 0 Å². The molecule has 2 fully saturated rings. The SMILES string of the molecule is CN(CC(=O)CS(=O)(=O)CN(C)C(=S)C1CCC1)C(=S)C1CCC1. The van der Waals surface area contributed by atoms with Gasteiger partial charge in [-0.2, -0.15) is 0 Å². The summed E-state index contributed by atoms with van der Waals surface area (Å²) in [5, 5.41) is 0. The van der Waals surface area contributed by atoms with Gasteiger partial charge in [0.25, 0.3) is 0 Å². The summed E-state index contributed by atoms with van der Waals surface area (Å²) in [6, 6.07) is 0. The van der Waals surface area contributed by atoms with Crippen LogP contribution in [0.2, 0.25) is 0 Å². The Morgan fingerprint density at radius 3 is 1.83 bits per heavy atom. The van der Waals surface area contributed by atoms with E-state index in [0.29, 0.717) is 16.8 Å². The maximum atomic E-state index is 12.3. The van der Waals surface area contributed by atoms with Gasteiger partial charge in [-0.3, -0.25) is 4.79 Å². The first kappa shape index (κ1) is 19.7. The fourth-order valence-electron chi connectivity index (χ4n) is 2.97. The Morgan fingerprint density at radius 2 is 1.42 bits per heavy atom. The van der Waals surface area contributed by atoms with Gasteiger partial charge in [-0.05, 0) is 25.7 Å². The van der Waals surface area contributed by atoms with Crippen LogP contribution in [0.15, 0.2) is 0 Å². The number of nitrogens with zero attached hydrogens (tertiary/aromatic N) is 2. The number of rotatable bonds is 8. The molecule has 0 unspecified atom stereocenters. The van der Waals surface area contributed by atoms with E-state index in [1.165, 1.54) is 6.42 Å². The predicted octanol–water partition coefficient (Wildman–Crippen LogP) is 2.05. The third-order valence-corrected chi connectivity index (χ3v) is 7.68. The summed E-state index contributed by atoms with van der Waals surface area (Å²) < 4.78 is 24.5. The molecule has 2 rings (SSSR count). The number of Topliss-reactive ketones (excluding diaryl/α,β-unsaturated/α-hetero) is 1. The summed E-state index contributed by atoms with van der Waals surface area (Å²) in [7, 11) is -0.0451. The van der Waals surface area contributed by atoms with Gasteiger partial charge in [0, 0.05) is 25.9 Å². The van der Waals surface area contributed by atoms with E-state index in [1.807, 2.05) is 0 Å². The highest BCUT2D eigenvalue weighted by atomic mass is 32.2. The Morgan fingerprint density at radius 1 is 0.958 bits per heavy atom. The second-order valence-electron chi connectivity index (χ2n) is 7.04. The van der Waals surface area contributed by atoms with E-state index >= 15 is 0 Å². The molecule has 0 atom stereocenters. The number of thiocarbonyl (C=S) groups is 2. The van der Waals surface area contributed by atoms with E-state index in [2.05, 4.69) is 0 Å². The van der Waals surface area contributed by atoms with E-state index < -0.39 is 15.6 Å². The van der Waals surface area contributed by atoms with Gasteiger partial charge in [-0.25, -0.2) is 8.42 Å². The van der Waals surface area contributed by atoms with Crippen LogP contribution in [0.4, 0.5) is 0 Å². The summed E-state index contributed by atoms with van der Waals surface area (Å²) >= 11 is 10.7. The van der Waals surface area contributed by atoms with E-state index in [1.54, 1.807) is 23.9 Å².